The van der Waals surface area contributed by atoms with Crippen LogP contribution in [0.15, 0.2) is 24.4 Å². The number of aldehydes is 1. The molecular formula is C11H10N2OS. The van der Waals surface area contributed by atoms with E-state index in [0.717, 1.165) is 23.3 Å². The molecule has 3 nitrogen and oxygen atoms in total. The zero-order valence-corrected chi connectivity index (χ0v) is 9.12. The number of aromatic nitrogens is 2. The van der Waals surface area contributed by atoms with E-state index in [4.69, 9.17) is 0 Å². The predicted octanol–water partition coefficient (Wildman–Crippen LogP) is 2.58. The minimum atomic E-state index is 0.701. The van der Waals surface area contributed by atoms with Crippen LogP contribution < -0.4 is 0 Å². The molecule has 2 heterocycles. The first-order valence-electron chi connectivity index (χ1n) is 4.70. The average molecular weight is 218 g/mol. The largest absolute Gasteiger partial charge is 0.297 e. The van der Waals surface area contributed by atoms with Crippen LogP contribution in [-0.2, 0) is 6.42 Å². The molecule has 2 aromatic rings. The highest BCUT2D eigenvalue weighted by Crippen LogP contribution is 2.24. The normalized spacial score (nSPS) is 10.2. The molecule has 0 aromatic carbocycles. The predicted molar refractivity (Wildman–Crippen MR) is 60.1 cm³/mol. The van der Waals surface area contributed by atoms with Crippen LogP contribution in [-0.4, -0.2) is 16.3 Å². The molecule has 0 bridgehead atoms. The molecule has 0 fully saturated rings. The van der Waals surface area contributed by atoms with E-state index in [1.807, 2.05) is 12.1 Å². The summed E-state index contributed by atoms with van der Waals surface area (Å²) in [6.07, 6.45) is 3.49. The van der Waals surface area contributed by atoms with Crippen molar-refractivity contribution in [1.82, 2.24) is 9.97 Å². The molecule has 76 valence electrons. The lowest BCUT2D eigenvalue weighted by molar-refractivity contribution is 0.112. The molecule has 0 aliphatic carbocycles. The summed E-state index contributed by atoms with van der Waals surface area (Å²) in [5, 5.41) is 0. The van der Waals surface area contributed by atoms with Crippen molar-refractivity contribution >= 4 is 17.6 Å². The third-order valence-corrected chi connectivity index (χ3v) is 3.05. The molecule has 2 aromatic heterocycles. The number of carbonyl (C=O) groups is 1. The summed E-state index contributed by atoms with van der Waals surface area (Å²) in [6, 6.07) is 5.57. The number of nitrogens with zero attached hydrogens (tertiary/aromatic N) is 2. The second kappa shape index (κ2) is 4.31. The van der Waals surface area contributed by atoms with E-state index in [0.29, 0.717) is 10.7 Å². The van der Waals surface area contributed by atoms with Crippen LogP contribution in [0.1, 0.15) is 22.3 Å². The molecule has 0 aliphatic heterocycles. The third-order valence-electron chi connectivity index (χ3n) is 2.04. The molecule has 0 saturated carbocycles. The second-order valence-electron chi connectivity index (χ2n) is 3.05. The van der Waals surface area contributed by atoms with Crippen LogP contribution in [0.25, 0.3) is 10.7 Å². The third kappa shape index (κ3) is 2.10. The lowest BCUT2D eigenvalue weighted by atomic mass is 10.3. The van der Waals surface area contributed by atoms with Gasteiger partial charge in [-0.25, -0.2) is 9.97 Å². The zero-order chi connectivity index (χ0) is 10.7. The summed E-state index contributed by atoms with van der Waals surface area (Å²) >= 11 is 1.41. The average Bonchev–Trinajstić information content (AvgIpc) is 2.78. The minimum absolute atomic E-state index is 0.701. The molecule has 15 heavy (non-hydrogen) atoms. The molecular weight excluding hydrogens is 208 g/mol. The first-order chi connectivity index (χ1) is 7.33. The minimum Gasteiger partial charge on any atom is -0.297 e. The van der Waals surface area contributed by atoms with Crippen molar-refractivity contribution in [3.05, 3.63) is 35.0 Å². The molecule has 0 radical (unpaired) electrons. The van der Waals surface area contributed by atoms with E-state index >= 15 is 0 Å². The van der Waals surface area contributed by atoms with E-state index in [9.17, 15) is 4.79 Å². The van der Waals surface area contributed by atoms with Gasteiger partial charge in [0.1, 0.15) is 0 Å². The number of hydrogen-bond donors (Lipinski definition) is 0. The lowest BCUT2D eigenvalue weighted by Gasteiger charge is -1.98. The molecule has 0 aliphatic rings. The van der Waals surface area contributed by atoms with Gasteiger partial charge in [-0.3, -0.25) is 4.79 Å². The van der Waals surface area contributed by atoms with Crippen LogP contribution in [0.4, 0.5) is 0 Å². The topological polar surface area (TPSA) is 42.9 Å². The van der Waals surface area contributed by atoms with Crippen LogP contribution in [0.2, 0.25) is 0 Å². The van der Waals surface area contributed by atoms with Gasteiger partial charge in [0.2, 0.25) is 0 Å². The quantitative estimate of drug-likeness (QED) is 0.744. The maximum Gasteiger partial charge on any atom is 0.169 e. The number of thiophene rings is 1. The first-order valence-corrected chi connectivity index (χ1v) is 5.52. The SMILES string of the molecule is CCc1ccnc(-c2ccc(C=O)s2)n1. The fourth-order valence-electron chi connectivity index (χ4n) is 1.25. The van der Waals surface area contributed by atoms with Crippen molar-refractivity contribution < 1.29 is 4.79 Å². The maximum absolute atomic E-state index is 10.5. The summed E-state index contributed by atoms with van der Waals surface area (Å²) in [5.41, 5.74) is 1.01. The van der Waals surface area contributed by atoms with Crippen LogP contribution in [0.5, 0.6) is 0 Å². The Kier molecular flexibility index (Phi) is 2.87. The van der Waals surface area contributed by atoms with Gasteiger partial charge in [0.25, 0.3) is 0 Å². The fourth-order valence-corrected chi connectivity index (χ4v) is 2.01. The zero-order valence-electron chi connectivity index (χ0n) is 8.30. The van der Waals surface area contributed by atoms with Crippen molar-refractivity contribution in [3.8, 4) is 10.7 Å². The molecule has 0 saturated heterocycles. The number of carbonyl (C=O) groups excluding carboxylic acids is 1. The van der Waals surface area contributed by atoms with Gasteiger partial charge in [-0.1, -0.05) is 6.92 Å². The second-order valence-corrected chi connectivity index (χ2v) is 4.16. The summed E-state index contributed by atoms with van der Waals surface area (Å²) in [5.74, 6) is 0.701. The van der Waals surface area contributed by atoms with Crippen molar-refractivity contribution in [1.29, 1.82) is 0 Å². The molecule has 4 heteroatoms. The molecule has 0 unspecified atom stereocenters. The summed E-state index contributed by atoms with van der Waals surface area (Å²) in [7, 11) is 0. The summed E-state index contributed by atoms with van der Waals surface area (Å²) in [4.78, 5) is 20.8. The van der Waals surface area contributed by atoms with Gasteiger partial charge in [0, 0.05) is 11.9 Å². The van der Waals surface area contributed by atoms with Crippen LogP contribution in [0.3, 0.4) is 0 Å². The maximum atomic E-state index is 10.5. The lowest BCUT2D eigenvalue weighted by Crippen LogP contribution is -1.91. The standard InChI is InChI=1S/C11H10N2OS/c1-2-8-5-6-12-11(13-8)10-4-3-9(7-14)15-10/h3-7H,2H2,1H3. The van der Waals surface area contributed by atoms with Gasteiger partial charge >= 0.3 is 0 Å². The van der Waals surface area contributed by atoms with Crippen molar-refractivity contribution in [2.45, 2.75) is 13.3 Å². The van der Waals surface area contributed by atoms with Gasteiger partial charge in [-0.05, 0) is 24.6 Å². The van der Waals surface area contributed by atoms with Crippen LogP contribution in [0, 0.1) is 0 Å². The van der Waals surface area contributed by atoms with E-state index < -0.39 is 0 Å². The summed E-state index contributed by atoms with van der Waals surface area (Å²) in [6.45, 7) is 2.05. The highest BCUT2D eigenvalue weighted by molar-refractivity contribution is 7.16. The Morgan fingerprint density at radius 3 is 2.93 bits per heavy atom. The summed E-state index contributed by atoms with van der Waals surface area (Å²) < 4.78 is 0. The van der Waals surface area contributed by atoms with E-state index in [2.05, 4.69) is 16.9 Å². The smallest absolute Gasteiger partial charge is 0.169 e. The van der Waals surface area contributed by atoms with Crippen molar-refractivity contribution in [3.63, 3.8) is 0 Å². The molecule has 0 atom stereocenters. The van der Waals surface area contributed by atoms with Crippen LogP contribution >= 0.6 is 11.3 Å². The van der Waals surface area contributed by atoms with Gasteiger partial charge < -0.3 is 0 Å². The highest BCUT2D eigenvalue weighted by atomic mass is 32.1. The van der Waals surface area contributed by atoms with Gasteiger partial charge in [-0.15, -0.1) is 11.3 Å². The molecule has 0 spiro atoms. The van der Waals surface area contributed by atoms with Crippen molar-refractivity contribution in [2.24, 2.45) is 0 Å². The first kappa shape index (κ1) is 9.98. The Balaban J connectivity index is 2.39. The van der Waals surface area contributed by atoms with Gasteiger partial charge in [-0.2, -0.15) is 0 Å². The number of aryl methyl sites for hydroxylation is 1. The highest BCUT2D eigenvalue weighted by Gasteiger charge is 2.05. The van der Waals surface area contributed by atoms with Gasteiger partial charge in [0.05, 0.1) is 9.75 Å². The Morgan fingerprint density at radius 2 is 2.27 bits per heavy atom. The van der Waals surface area contributed by atoms with Gasteiger partial charge in [0.15, 0.2) is 12.1 Å². The monoisotopic (exact) mass is 218 g/mol. The van der Waals surface area contributed by atoms with E-state index in [1.165, 1.54) is 11.3 Å². The Bertz CT molecular complexity index is 479. The van der Waals surface area contributed by atoms with E-state index in [-0.39, 0.29) is 0 Å². The number of hydrogen-bond acceptors (Lipinski definition) is 4. The number of rotatable bonds is 3. The Morgan fingerprint density at radius 1 is 1.40 bits per heavy atom. The Hall–Kier alpha value is -1.55. The fraction of sp³-hybridized carbons (Fsp3) is 0.182. The molecule has 2 rings (SSSR count). The molecule has 0 N–H and O–H groups in total. The molecule has 0 amide bonds. The Labute approximate surface area is 91.8 Å². The van der Waals surface area contributed by atoms with Crippen molar-refractivity contribution in [2.75, 3.05) is 0 Å². The van der Waals surface area contributed by atoms with E-state index in [1.54, 1.807) is 12.3 Å².